The van der Waals surface area contributed by atoms with Crippen molar-refractivity contribution in [2.24, 2.45) is 5.92 Å². The van der Waals surface area contributed by atoms with Crippen molar-refractivity contribution in [3.63, 3.8) is 0 Å². The lowest BCUT2D eigenvalue weighted by Gasteiger charge is -2.15. The molecular formula is C28H32FN3O5S2. The fourth-order valence-electron chi connectivity index (χ4n) is 3.85. The van der Waals surface area contributed by atoms with Crippen molar-refractivity contribution in [2.75, 3.05) is 18.8 Å². The molecule has 0 saturated heterocycles. The van der Waals surface area contributed by atoms with Crippen LogP contribution in [-0.4, -0.2) is 50.3 Å². The molecule has 0 bridgehead atoms. The Kier molecular flexibility index (Phi) is 11.0. The molecule has 0 saturated carbocycles. The summed E-state index contributed by atoms with van der Waals surface area (Å²) in [4.78, 5) is 24.0. The van der Waals surface area contributed by atoms with Crippen LogP contribution in [0.4, 0.5) is 4.39 Å². The summed E-state index contributed by atoms with van der Waals surface area (Å²) in [6, 6.07) is 20.0. The number of carbonyl (C=O) groups excluding carboxylic acids is 2. The van der Waals surface area contributed by atoms with Gasteiger partial charge in [0.15, 0.2) is 0 Å². The second kappa shape index (κ2) is 14.2. The normalized spacial score (nSPS) is 12.9. The van der Waals surface area contributed by atoms with Crippen molar-refractivity contribution < 1.29 is 27.5 Å². The third-order valence-corrected chi connectivity index (χ3v) is 7.83. The smallest absolute Gasteiger partial charge is 0.264 e. The Bertz CT molecular complexity index is 1380. The maximum atomic E-state index is 14.9. The van der Waals surface area contributed by atoms with Gasteiger partial charge in [0.25, 0.3) is 15.9 Å². The van der Waals surface area contributed by atoms with Crippen LogP contribution in [0.1, 0.15) is 18.1 Å². The number of carbonyl (C=O) groups is 2. The van der Waals surface area contributed by atoms with Gasteiger partial charge in [0.2, 0.25) is 5.91 Å². The average Bonchev–Trinajstić information content (AvgIpc) is 2.92. The molecule has 0 aromatic heterocycles. The van der Waals surface area contributed by atoms with Crippen LogP contribution in [0.3, 0.4) is 0 Å². The molecule has 0 aliphatic rings. The van der Waals surface area contributed by atoms with Gasteiger partial charge in [0, 0.05) is 36.5 Å². The van der Waals surface area contributed by atoms with E-state index in [1.54, 1.807) is 18.2 Å². The van der Waals surface area contributed by atoms with E-state index in [0.717, 1.165) is 12.5 Å². The highest BCUT2D eigenvalue weighted by Crippen LogP contribution is 2.28. The minimum Gasteiger partial charge on any atom is -0.384 e. The summed E-state index contributed by atoms with van der Waals surface area (Å²) in [5, 5.41) is 15.3. The number of benzene rings is 3. The Morgan fingerprint density at radius 1 is 0.974 bits per heavy atom. The van der Waals surface area contributed by atoms with Crippen molar-refractivity contribution in [1.82, 2.24) is 15.4 Å². The van der Waals surface area contributed by atoms with Crippen molar-refractivity contribution in [2.45, 2.75) is 30.9 Å². The lowest BCUT2D eigenvalue weighted by Crippen LogP contribution is -2.37. The number of sulfonamides is 1. The Morgan fingerprint density at radius 3 is 2.33 bits per heavy atom. The summed E-state index contributed by atoms with van der Waals surface area (Å²) >= 11 is 4.31. The number of aliphatic hydroxyl groups is 1. The van der Waals surface area contributed by atoms with Gasteiger partial charge in [-0.25, -0.2) is 17.5 Å². The molecule has 2 atom stereocenters. The average molecular weight is 574 g/mol. The van der Waals surface area contributed by atoms with E-state index in [0.29, 0.717) is 36.4 Å². The van der Waals surface area contributed by atoms with E-state index in [4.69, 9.17) is 0 Å². The van der Waals surface area contributed by atoms with Crippen LogP contribution in [0.2, 0.25) is 0 Å². The SMILES string of the molecule is C[C@H](O)C(=O)NS(=O)(=O)c1ccccc1-c1ccc(CNCCNC(=O)[C@@H](CS)Cc2ccccc2)c(F)c1. The first-order chi connectivity index (χ1) is 18.6. The molecular weight excluding hydrogens is 541 g/mol. The predicted octanol–water partition coefficient (Wildman–Crippen LogP) is 2.67. The van der Waals surface area contributed by atoms with Crippen LogP contribution in [0.15, 0.2) is 77.7 Å². The number of amides is 2. The van der Waals surface area contributed by atoms with E-state index in [1.807, 2.05) is 35.1 Å². The van der Waals surface area contributed by atoms with E-state index < -0.39 is 27.9 Å². The maximum absolute atomic E-state index is 14.9. The number of aliphatic hydroxyl groups excluding tert-OH is 1. The van der Waals surface area contributed by atoms with E-state index in [9.17, 15) is 27.5 Å². The first-order valence-corrected chi connectivity index (χ1v) is 14.5. The van der Waals surface area contributed by atoms with E-state index in [1.165, 1.54) is 24.3 Å². The Hall–Kier alpha value is -3.25. The van der Waals surface area contributed by atoms with Crippen molar-refractivity contribution in [3.05, 3.63) is 89.7 Å². The third-order valence-electron chi connectivity index (χ3n) is 5.99. The van der Waals surface area contributed by atoms with Gasteiger partial charge in [-0.15, -0.1) is 0 Å². The molecule has 2 amide bonds. The van der Waals surface area contributed by atoms with E-state index >= 15 is 0 Å². The van der Waals surface area contributed by atoms with E-state index in [2.05, 4.69) is 23.3 Å². The summed E-state index contributed by atoms with van der Waals surface area (Å²) in [5.41, 5.74) is 1.95. The topological polar surface area (TPSA) is 125 Å². The molecule has 0 heterocycles. The molecule has 208 valence electrons. The highest BCUT2D eigenvalue weighted by Gasteiger charge is 2.24. The summed E-state index contributed by atoms with van der Waals surface area (Å²) in [6.45, 7) is 2.13. The molecule has 0 aliphatic carbocycles. The minimum absolute atomic E-state index is 0.0931. The predicted molar refractivity (Wildman–Crippen MR) is 151 cm³/mol. The van der Waals surface area contributed by atoms with Crippen LogP contribution in [0.5, 0.6) is 0 Å². The Morgan fingerprint density at radius 2 is 1.67 bits per heavy atom. The molecule has 0 spiro atoms. The standard InChI is InChI=1S/C28H32FN3O5S2/c1-19(33)27(34)32-39(36,37)26-10-6-5-9-24(26)21-11-12-22(25(29)16-21)17-30-13-14-31-28(35)23(18-38)15-20-7-3-2-4-8-20/h2-12,16,19,23,30,33,38H,13-15,17-18H2,1H3,(H,31,35)(H,32,34)/t19-,23+/m0/s1. The molecule has 4 N–H and O–H groups in total. The molecule has 3 rings (SSSR count). The monoisotopic (exact) mass is 573 g/mol. The molecule has 8 nitrogen and oxygen atoms in total. The van der Waals surface area contributed by atoms with Gasteiger partial charge < -0.3 is 15.7 Å². The van der Waals surface area contributed by atoms with Crippen LogP contribution < -0.4 is 15.4 Å². The third kappa shape index (κ3) is 8.62. The maximum Gasteiger partial charge on any atom is 0.264 e. The van der Waals surface area contributed by atoms with Gasteiger partial charge >= 0.3 is 0 Å². The fourth-order valence-corrected chi connectivity index (χ4v) is 5.42. The van der Waals surface area contributed by atoms with Gasteiger partial charge in [-0.3, -0.25) is 9.59 Å². The Labute approximate surface area is 233 Å². The number of hydrogen-bond acceptors (Lipinski definition) is 7. The molecule has 0 radical (unpaired) electrons. The highest BCUT2D eigenvalue weighted by atomic mass is 32.2. The number of halogens is 1. The first-order valence-electron chi connectivity index (χ1n) is 12.4. The molecule has 3 aromatic carbocycles. The van der Waals surface area contributed by atoms with Gasteiger partial charge in [0.1, 0.15) is 11.9 Å². The van der Waals surface area contributed by atoms with Gasteiger partial charge in [-0.05, 0) is 36.6 Å². The van der Waals surface area contributed by atoms with Crippen LogP contribution >= 0.6 is 12.6 Å². The summed E-state index contributed by atoms with van der Waals surface area (Å²) in [5.74, 6) is -1.53. The number of nitrogens with one attached hydrogen (secondary N) is 3. The minimum atomic E-state index is -4.29. The zero-order chi connectivity index (χ0) is 28.4. The lowest BCUT2D eigenvalue weighted by atomic mass is 10.0. The fraction of sp³-hybridized carbons (Fsp3) is 0.286. The largest absolute Gasteiger partial charge is 0.384 e. The second-order valence-electron chi connectivity index (χ2n) is 8.99. The zero-order valence-electron chi connectivity index (χ0n) is 21.4. The number of thiol groups is 1. The quantitative estimate of drug-likeness (QED) is 0.158. The summed E-state index contributed by atoms with van der Waals surface area (Å²) in [6.07, 6.45) is -0.915. The molecule has 39 heavy (non-hydrogen) atoms. The van der Waals surface area contributed by atoms with Crippen LogP contribution in [0.25, 0.3) is 11.1 Å². The number of hydrogen-bond donors (Lipinski definition) is 5. The molecule has 11 heteroatoms. The van der Waals surface area contributed by atoms with Crippen LogP contribution in [0, 0.1) is 11.7 Å². The van der Waals surface area contributed by atoms with Gasteiger partial charge in [-0.2, -0.15) is 12.6 Å². The highest BCUT2D eigenvalue weighted by molar-refractivity contribution is 7.90. The van der Waals surface area contributed by atoms with Crippen LogP contribution in [-0.2, 0) is 32.6 Å². The van der Waals surface area contributed by atoms with Gasteiger partial charge in [0.05, 0.1) is 10.8 Å². The summed E-state index contributed by atoms with van der Waals surface area (Å²) in [7, 11) is -4.29. The number of rotatable bonds is 13. The molecule has 0 aliphatic heterocycles. The second-order valence-corrected chi connectivity index (χ2v) is 11.0. The lowest BCUT2D eigenvalue weighted by molar-refractivity contribution is -0.126. The first kappa shape index (κ1) is 30.3. The Balaban J connectivity index is 1.57. The molecule has 0 fully saturated rings. The van der Waals surface area contributed by atoms with E-state index in [-0.39, 0.29) is 28.8 Å². The van der Waals surface area contributed by atoms with Crippen molar-refractivity contribution >= 4 is 34.5 Å². The summed E-state index contributed by atoms with van der Waals surface area (Å²) < 4.78 is 42.2. The van der Waals surface area contributed by atoms with Gasteiger partial charge in [-0.1, -0.05) is 60.7 Å². The zero-order valence-corrected chi connectivity index (χ0v) is 23.1. The molecule has 0 unspecified atom stereocenters. The molecule has 3 aromatic rings. The van der Waals surface area contributed by atoms with Crippen molar-refractivity contribution in [1.29, 1.82) is 0 Å². The van der Waals surface area contributed by atoms with Crippen molar-refractivity contribution in [3.8, 4) is 11.1 Å².